The Balaban J connectivity index is 2.16. The fourth-order valence-electron chi connectivity index (χ4n) is 2.87. The first-order valence-electron chi connectivity index (χ1n) is 9.67. The van der Waals surface area contributed by atoms with Gasteiger partial charge in [0.05, 0.1) is 5.25 Å². The summed E-state index contributed by atoms with van der Waals surface area (Å²) in [6.07, 6.45) is 1.58. The van der Waals surface area contributed by atoms with E-state index in [-0.39, 0.29) is 23.3 Å². The van der Waals surface area contributed by atoms with Gasteiger partial charge >= 0.3 is 6.01 Å². The highest BCUT2D eigenvalue weighted by Gasteiger charge is 2.20. The van der Waals surface area contributed by atoms with Crippen molar-refractivity contribution in [3.05, 3.63) is 57.5 Å². The molecule has 10 heteroatoms. The second-order valence-electron chi connectivity index (χ2n) is 7.61. The Kier molecular flexibility index (Phi) is 6.12. The third-order valence-corrected chi connectivity index (χ3v) is 6.40. The summed E-state index contributed by atoms with van der Waals surface area (Å²) >= 11 is 0. The minimum Gasteiger partial charge on any atom is -0.424 e. The molecule has 0 fully saturated rings. The van der Waals surface area contributed by atoms with E-state index >= 15 is 0 Å². The maximum atomic E-state index is 12.4. The molecule has 1 aromatic carbocycles. The van der Waals surface area contributed by atoms with Crippen molar-refractivity contribution in [1.29, 1.82) is 0 Å². The van der Waals surface area contributed by atoms with Gasteiger partial charge < -0.3 is 9.30 Å². The standard InChI is InChI=1S/C21H25N5O4S/c1-12(2)31(28,29)25-20-22-18(16-10-15(5)19(27)26(6)11-16)23-21(24-20)30-17-13(3)8-7-9-14(17)4/h7-12H,1-6H3,(H,22,23,24,25). The van der Waals surface area contributed by atoms with Gasteiger partial charge in [0.15, 0.2) is 5.82 Å². The van der Waals surface area contributed by atoms with Crippen molar-refractivity contribution in [2.24, 2.45) is 7.05 Å². The van der Waals surface area contributed by atoms with Crippen LogP contribution in [0.4, 0.5) is 5.95 Å². The van der Waals surface area contributed by atoms with Crippen LogP contribution in [0.3, 0.4) is 0 Å². The molecule has 0 unspecified atom stereocenters. The quantitative estimate of drug-likeness (QED) is 0.622. The average molecular weight is 444 g/mol. The molecule has 0 spiro atoms. The molecular formula is C21H25N5O4S. The van der Waals surface area contributed by atoms with Crippen LogP contribution in [0.15, 0.2) is 35.3 Å². The van der Waals surface area contributed by atoms with Crippen LogP contribution in [-0.2, 0) is 17.1 Å². The summed E-state index contributed by atoms with van der Waals surface area (Å²) < 4.78 is 34.5. The van der Waals surface area contributed by atoms with E-state index in [1.807, 2.05) is 32.0 Å². The van der Waals surface area contributed by atoms with Crippen LogP contribution in [0.1, 0.15) is 30.5 Å². The first-order valence-corrected chi connectivity index (χ1v) is 11.2. The van der Waals surface area contributed by atoms with Crippen molar-refractivity contribution < 1.29 is 13.2 Å². The molecule has 3 rings (SSSR count). The lowest BCUT2D eigenvalue weighted by Crippen LogP contribution is -2.24. The molecule has 0 bridgehead atoms. The van der Waals surface area contributed by atoms with E-state index in [1.54, 1.807) is 40.1 Å². The molecule has 2 heterocycles. The zero-order valence-corrected chi connectivity index (χ0v) is 19.1. The highest BCUT2D eigenvalue weighted by Crippen LogP contribution is 2.28. The minimum atomic E-state index is -3.69. The van der Waals surface area contributed by atoms with E-state index in [0.717, 1.165) is 11.1 Å². The van der Waals surface area contributed by atoms with Gasteiger partial charge in [-0.05, 0) is 51.8 Å². The summed E-state index contributed by atoms with van der Waals surface area (Å²) in [7, 11) is -2.07. The fraction of sp³-hybridized carbons (Fsp3) is 0.333. The van der Waals surface area contributed by atoms with Gasteiger partial charge in [-0.1, -0.05) is 18.2 Å². The van der Waals surface area contributed by atoms with Crippen molar-refractivity contribution in [3.8, 4) is 23.1 Å². The number of nitrogens with zero attached hydrogens (tertiary/aromatic N) is 4. The fourth-order valence-corrected chi connectivity index (χ4v) is 3.45. The van der Waals surface area contributed by atoms with Crippen LogP contribution in [-0.4, -0.2) is 33.2 Å². The monoisotopic (exact) mass is 443 g/mol. The first-order chi connectivity index (χ1) is 14.5. The molecule has 0 aliphatic carbocycles. The van der Waals surface area contributed by atoms with Crippen molar-refractivity contribution in [2.45, 2.75) is 39.9 Å². The van der Waals surface area contributed by atoms with Gasteiger partial charge in [0.25, 0.3) is 5.56 Å². The first kappa shape index (κ1) is 22.4. The lowest BCUT2D eigenvalue weighted by atomic mass is 10.1. The zero-order valence-electron chi connectivity index (χ0n) is 18.3. The summed E-state index contributed by atoms with van der Waals surface area (Å²) in [6.45, 7) is 8.57. The highest BCUT2D eigenvalue weighted by molar-refractivity contribution is 7.93. The van der Waals surface area contributed by atoms with Crippen LogP contribution in [0.25, 0.3) is 11.4 Å². The highest BCUT2D eigenvalue weighted by atomic mass is 32.2. The Morgan fingerprint density at radius 1 is 1.03 bits per heavy atom. The zero-order chi connectivity index (χ0) is 22.9. The summed E-state index contributed by atoms with van der Waals surface area (Å²) in [5.41, 5.74) is 2.64. The molecule has 1 N–H and O–H groups in total. The number of hydrogen-bond acceptors (Lipinski definition) is 7. The number of ether oxygens (including phenoxy) is 1. The van der Waals surface area contributed by atoms with Gasteiger partial charge in [0.2, 0.25) is 16.0 Å². The Bertz CT molecular complexity index is 1250. The number of pyridine rings is 1. The number of sulfonamides is 1. The van der Waals surface area contributed by atoms with E-state index < -0.39 is 15.3 Å². The van der Waals surface area contributed by atoms with Gasteiger partial charge in [-0.25, -0.2) is 8.42 Å². The van der Waals surface area contributed by atoms with Gasteiger partial charge in [0.1, 0.15) is 5.75 Å². The Morgan fingerprint density at radius 3 is 2.26 bits per heavy atom. The lowest BCUT2D eigenvalue weighted by Gasteiger charge is -2.14. The third-order valence-electron chi connectivity index (χ3n) is 4.69. The maximum Gasteiger partial charge on any atom is 0.327 e. The van der Waals surface area contributed by atoms with E-state index in [0.29, 0.717) is 16.9 Å². The number of para-hydroxylation sites is 1. The molecule has 0 atom stereocenters. The normalized spacial score (nSPS) is 11.6. The predicted molar refractivity (Wildman–Crippen MR) is 119 cm³/mol. The molecule has 0 aliphatic heterocycles. The smallest absolute Gasteiger partial charge is 0.327 e. The summed E-state index contributed by atoms with van der Waals surface area (Å²) in [5.74, 6) is 0.594. The van der Waals surface area contributed by atoms with Crippen LogP contribution in [0.5, 0.6) is 11.8 Å². The minimum absolute atomic E-state index is 0.0598. The summed E-state index contributed by atoms with van der Waals surface area (Å²) in [5, 5.41) is -0.685. The molecule has 3 aromatic rings. The largest absolute Gasteiger partial charge is 0.424 e. The predicted octanol–water partition coefficient (Wildman–Crippen LogP) is 3.10. The second kappa shape index (κ2) is 8.46. The second-order valence-corrected chi connectivity index (χ2v) is 9.85. The maximum absolute atomic E-state index is 12.4. The van der Waals surface area contributed by atoms with Gasteiger partial charge in [-0.15, -0.1) is 0 Å². The molecule has 0 saturated heterocycles. The number of anilines is 1. The Hall–Kier alpha value is -3.27. The van der Waals surface area contributed by atoms with Crippen molar-refractivity contribution >= 4 is 16.0 Å². The molecule has 0 saturated carbocycles. The van der Waals surface area contributed by atoms with Crippen LogP contribution in [0.2, 0.25) is 0 Å². The summed E-state index contributed by atoms with van der Waals surface area (Å²) in [6, 6.07) is 7.27. The molecule has 164 valence electrons. The van der Waals surface area contributed by atoms with Crippen molar-refractivity contribution in [2.75, 3.05) is 4.72 Å². The number of hydrogen-bond donors (Lipinski definition) is 1. The molecule has 31 heavy (non-hydrogen) atoms. The number of nitrogens with one attached hydrogen (secondary N) is 1. The molecule has 0 amide bonds. The van der Waals surface area contributed by atoms with Crippen LogP contribution < -0.4 is 15.0 Å². The average Bonchev–Trinajstić information content (AvgIpc) is 2.68. The lowest BCUT2D eigenvalue weighted by molar-refractivity contribution is 0.435. The molecular weight excluding hydrogens is 418 g/mol. The van der Waals surface area contributed by atoms with Crippen LogP contribution in [0, 0.1) is 20.8 Å². The molecule has 0 radical (unpaired) electrons. The number of aryl methyl sites for hydroxylation is 4. The van der Waals surface area contributed by atoms with E-state index in [2.05, 4.69) is 19.7 Å². The van der Waals surface area contributed by atoms with Crippen molar-refractivity contribution in [1.82, 2.24) is 19.5 Å². The number of benzene rings is 1. The topological polar surface area (TPSA) is 116 Å². The molecule has 2 aromatic heterocycles. The SMILES string of the molecule is Cc1cccc(C)c1Oc1nc(NS(=O)(=O)C(C)C)nc(-c2cc(C)c(=O)n(C)c2)n1. The molecule has 0 aliphatic rings. The van der Waals surface area contributed by atoms with E-state index in [1.165, 1.54) is 4.57 Å². The van der Waals surface area contributed by atoms with E-state index in [9.17, 15) is 13.2 Å². The molecule has 9 nitrogen and oxygen atoms in total. The van der Waals surface area contributed by atoms with Gasteiger partial charge in [-0.2, -0.15) is 15.0 Å². The van der Waals surface area contributed by atoms with Crippen molar-refractivity contribution in [3.63, 3.8) is 0 Å². The van der Waals surface area contributed by atoms with Gasteiger partial charge in [0, 0.05) is 24.4 Å². The number of rotatable bonds is 6. The Morgan fingerprint density at radius 2 is 1.68 bits per heavy atom. The van der Waals surface area contributed by atoms with Gasteiger partial charge in [-0.3, -0.25) is 9.52 Å². The van der Waals surface area contributed by atoms with E-state index in [4.69, 9.17) is 4.74 Å². The number of aromatic nitrogens is 4. The third kappa shape index (κ3) is 4.91. The summed E-state index contributed by atoms with van der Waals surface area (Å²) in [4.78, 5) is 24.9. The van der Waals surface area contributed by atoms with Crippen LogP contribution >= 0.6 is 0 Å². The Labute approximate surface area is 181 Å².